The van der Waals surface area contributed by atoms with Crippen LogP contribution in [0.15, 0.2) is 176 Å². The van der Waals surface area contributed by atoms with Crippen LogP contribution in [0.25, 0.3) is 10.9 Å². The number of fused-ring (bicyclic) bond motifs is 15. The number of para-hydroxylation sites is 1. The molecule has 11 amide bonds. The molecule has 9 atom stereocenters. The van der Waals surface area contributed by atoms with Gasteiger partial charge in [0.25, 0.3) is 11.8 Å². The topological polar surface area (TPSA) is 564 Å². The Morgan fingerprint density at radius 1 is 0.583 bits per heavy atom. The quantitative estimate of drug-likeness (QED) is 0.0276. The van der Waals surface area contributed by atoms with Crippen molar-refractivity contribution in [2.45, 2.75) is 150 Å². The smallest absolute Gasteiger partial charge is 0.340 e. The summed E-state index contributed by atoms with van der Waals surface area (Å²) < 4.78 is 12.3. The fourth-order valence-corrected chi connectivity index (χ4v) is 16.1. The molecule has 0 aliphatic carbocycles. The zero-order chi connectivity index (χ0) is 90.2. The number of hydrogen-bond donors (Lipinski definition) is 18. The van der Waals surface area contributed by atoms with Gasteiger partial charge >= 0.3 is 11.9 Å². The van der Waals surface area contributed by atoms with Gasteiger partial charge in [0.05, 0.1) is 42.4 Å². The summed E-state index contributed by atoms with van der Waals surface area (Å²) in [7, 11) is 0. The predicted molar refractivity (Wildman–Crippen MR) is 460 cm³/mol. The van der Waals surface area contributed by atoms with Crippen LogP contribution in [0.4, 0.5) is 5.69 Å². The summed E-state index contributed by atoms with van der Waals surface area (Å²) in [4.78, 5) is 229. The van der Waals surface area contributed by atoms with Crippen LogP contribution >= 0.6 is 12.2 Å². The van der Waals surface area contributed by atoms with Gasteiger partial charge in [0.1, 0.15) is 65.3 Å². The van der Waals surface area contributed by atoms with Gasteiger partial charge in [-0.05, 0) is 141 Å². The molecule has 36 nitrogen and oxygen atoms in total. The second-order valence-corrected chi connectivity index (χ2v) is 31.8. The van der Waals surface area contributed by atoms with Gasteiger partial charge in [-0.15, -0.1) is 0 Å². The number of rotatable bonds is 21. The van der Waals surface area contributed by atoms with Crippen LogP contribution in [0.5, 0.6) is 23.0 Å². The van der Waals surface area contributed by atoms with Gasteiger partial charge in [-0.1, -0.05) is 84.9 Å². The molecule has 4 aliphatic rings. The molecule has 0 fully saturated rings. The number of carboxylic acid groups (broad SMARTS) is 1. The number of hydrogen-bond acceptors (Lipinski definition) is 21. The first kappa shape index (κ1) is 89.6. The number of primary amides is 2. The molecule has 4 aliphatic heterocycles. The number of carbonyl (C=O) groups is 15. The third kappa shape index (κ3) is 22.3. The average Bonchev–Trinajstić information content (AvgIpc) is 1.57. The van der Waals surface area contributed by atoms with E-state index in [4.69, 9.17) is 33.2 Å². The highest BCUT2D eigenvalue weighted by molar-refractivity contribution is 7.80. The van der Waals surface area contributed by atoms with E-state index in [0.29, 0.717) is 50.0 Å². The molecular weight excluding hydrogens is 1660 g/mol. The summed E-state index contributed by atoms with van der Waals surface area (Å²) in [6, 6.07) is 27.1. The molecule has 127 heavy (non-hydrogen) atoms. The molecule has 4 bridgehead atoms. The molecule has 1 spiro atoms. The molecule has 658 valence electrons. The predicted octanol–water partition coefficient (Wildman–Crippen LogP) is 3.79. The van der Waals surface area contributed by atoms with Crippen LogP contribution in [0, 0.1) is 5.92 Å². The number of aromatic nitrogens is 3. The Kier molecular flexibility index (Phi) is 28.5. The summed E-state index contributed by atoms with van der Waals surface area (Å²) >= 11 is 5.66. The molecule has 6 heterocycles. The summed E-state index contributed by atoms with van der Waals surface area (Å²) in [5, 5.41) is 61.7. The number of phenolic OH excluding ortho intramolecular Hbond substituents is 2. The van der Waals surface area contributed by atoms with Crippen molar-refractivity contribution in [2.24, 2.45) is 17.4 Å². The van der Waals surface area contributed by atoms with Gasteiger partial charge in [0, 0.05) is 120 Å². The maximum absolute atomic E-state index is 15.3. The summed E-state index contributed by atoms with van der Waals surface area (Å²) in [6.45, 7) is -0.0198. The van der Waals surface area contributed by atoms with E-state index in [1.165, 1.54) is 36.8 Å². The van der Waals surface area contributed by atoms with Gasteiger partial charge in [0.15, 0.2) is 22.3 Å². The number of Topliss-reactive ketones (excluding diaryl/α,β-unsaturated/α-hetero) is 2. The maximum atomic E-state index is 15.3. The highest BCUT2D eigenvalue weighted by Gasteiger charge is 2.54. The summed E-state index contributed by atoms with van der Waals surface area (Å²) in [5.74, 6) is -17.3. The molecule has 9 aromatic rings. The highest BCUT2D eigenvalue weighted by Crippen LogP contribution is 2.57. The number of ether oxygens (including phenoxy) is 2. The SMILES string of the molecule is NC(=O)C[C@H]1NC(=O)[C@@H](Cc2ccccc2)NC(=O)[C@@H]2CCCCNC(=O)c3cc(cc(c3)C(=O)N[C@@H](Cc3c[nH]c4ccccc34)C(=O)N[C@H](Cc3ccccc3)C(=O)C[C@@H](CC(=O)O)C(=O)N2)C(=O)CCC(C(=O)N[C@@H](CCCCNC(=S)Nc2ccc3c(c2)C(=O)OC32c3ccc(O)cc3Oc3cc(O)ccc32)C(N)=O)NC(=O)[C@H](Cc2c[nH]cn2)NC1=O. The number of ketones is 2. The molecule has 2 aromatic heterocycles. The van der Waals surface area contributed by atoms with Crippen molar-refractivity contribution in [2.75, 3.05) is 18.4 Å². The molecule has 37 heteroatoms. The van der Waals surface area contributed by atoms with Gasteiger partial charge in [-0.3, -0.25) is 67.1 Å². The van der Waals surface area contributed by atoms with E-state index in [9.17, 15) is 48.9 Å². The van der Waals surface area contributed by atoms with Crippen LogP contribution in [0.2, 0.25) is 0 Å². The zero-order valence-electron chi connectivity index (χ0n) is 68.3. The Balaban J connectivity index is 0.811. The normalized spacial score (nSPS) is 20.4. The van der Waals surface area contributed by atoms with E-state index in [-0.39, 0.29) is 127 Å². The van der Waals surface area contributed by atoms with Crippen LogP contribution < -0.4 is 74.7 Å². The molecule has 1 unspecified atom stereocenters. The molecule has 0 saturated carbocycles. The highest BCUT2D eigenvalue weighted by atomic mass is 32.1. The Morgan fingerprint density at radius 3 is 1.86 bits per heavy atom. The van der Waals surface area contributed by atoms with Crippen molar-refractivity contribution < 1.29 is 96.7 Å². The van der Waals surface area contributed by atoms with Crippen molar-refractivity contribution >= 4 is 122 Å². The second kappa shape index (κ2) is 40.4. The number of benzene rings is 7. The van der Waals surface area contributed by atoms with Crippen molar-refractivity contribution in [1.82, 2.24) is 68.1 Å². The Hall–Kier alpha value is -15.2. The number of anilines is 1. The number of nitrogens with one attached hydrogen (secondary N) is 13. The van der Waals surface area contributed by atoms with Gasteiger partial charge < -0.3 is 105 Å². The Morgan fingerprint density at radius 2 is 1.19 bits per heavy atom. The van der Waals surface area contributed by atoms with Crippen molar-refractivity contribution in [3.05, 3.63) is 238 Å². The Labute approximate surface area is 730 Å². The number of amides is 11. The number of unbranched alkanes of at least 4 members (excludes halogenated alkanes) is 1. The summed E-state index contributed by atoms with van der Waals surface area (Å²) in [6.07, 6.45) is -1.15. The van der Waals surface area contributed by atoms with Crippen molar-refractivity contribution in [3.63, 3.8) is 0 Å². The lowest BCUT2D eigenvalue weighted by Crippen LogP contribution is -2.60. The van der Waals surface area contributed by atoms with Crippen molar-refractivity contribution in [3.8, 4) is 23.0 Å². The van der Waals surface area contributed by atoms with Gasteiger partial charge in [-0.2, -0.15) is 0 Å². The number of aromatic hydroxyl groups is 2. The number of esters is 1. The first-order chi connectivity index (χ1) is 61.0. The Bertz CT molecular complexity index is 5720. The number of nitrogens with zero attached hydrogens (tertiary/aromatic N) is 1. The number of phenols is 2. The minimum atomic E-state index is -1.95. The lowest BCUT2D eigenvalue weighted by Gasteiger charge is -2.36. The standard InChI is InChI=1S/C90H92N16O20S/c91-76(111)43-71-87(123)105-70(40-55-45-93-46-97-55)86(122)101-66(83(119)99-64(78(92)114)19-9-12-30-95-89(127)98-54-21-24-60-59(39-54)88(124)126-90(60)61-25-22-56(107)41-74(61)125-75-42-57(108)23-26-62(75)90)27-28-72(109)49-33-50-35-51(34-49)80(116)103-69(36-53-44-96-63-18-8-7-17-58(53)63)85(121)102-67(31-47-13-3-1-4-14-47)73(110)37-52(38-77(112)113)81(117)100-65(20-10-11-29-94-79(50)115)82(118)104-68(84(120)106-71)32-48-15-5-2-6-16-48/h1-8,13-18,21-26,33-35,39,41-42,44-46,52,64-71,96,107-108H,9-12,19-20,27-32,36-38,40,43H2,(H2,91,111)(H2,92,114)(H,93,97)(H,94,115)(H,99,119)(H,100,117)(H,101,122)(H,102,121)(H,103,116)(H,104,118)(H,105,123)(H,106,120)(H,112,113)(H2,95,98,127)/t52-,64-,65-,66?,67+,68+,69-,70-,71+/m0/s1. The lowest BCUT2D eigenvalue weighted by atomic mass is 9.77. The van der Waals surface area contributed by atoms with E-state index in [1.54, 1.807) is 121 Å². The number of imidazole rings is 1. The molecule has 13 rings (SSSR count). The number of aromatic amines is 2. The average molecular weight is 1750 g/mol. The van der Waals surface area contributed by atoms with E-state index in [0.717, 1.165) is 18.2 Å². The molecule has 7 aromatic carbocycles. The van der Waals surface area contributed by atoms with E-state index < -0.39 is 187 Å². The lowest BCUT2D eigenvalue weighted by molar-refractivity contribution is -0.143. The molecular formula is C90H92N16O20S. The minimum Gasteiger partial charge on any atom is -0.508 e. The number of aliphatic carboxylic acids is 1. The van der Waals surface area contributed by atoms with E-state index >= 15 is 38.4 Å². The number of nitrogens with two attached hydrogens (primary N) is 2. The molecule has 0 saturated heterocycles. The van der Waals surface area contributed by atoms with Crippen LogP contribution in [-0.2, 0) is 88.8 Å². The van der Waals surface area contributed by atoms with Gasteiger partial charge in [0.2, 0.25) is 53.2 Å². The van der Waals surface area contributed by atoms with Gasteiger partial charge in [-0.25, -0.2) is 9.78 Å². The maximum Gasteiger partial charge on any atom is 0.340 e. The number of thiocarbonyl (C=S) groups is 1. The minimum absolute atomic E-state index is 0.0169. The van der Waals surface area contributed by atoms with E-state index in [2.05, 4.69) is 73.4 Å². The van der Waals surface area contributed by atoms with Crippen molar-refractivity contribution in [1.29, 1.82) is 0 Å². The number of carbonyl (C=O) groups excluding carboxylic acids is 14. The largest absolute Gasteiger partial charge is 0.508 e. The first-order valence-corrected chi connectivity index (χ1v) is 41.5. The van der Waals surface area contributed by atoms with Crippen LogP contribution in [-0.4, -0.2) is 185 Å². The van der Waals surface area contributed by atoms with Crippen LogP contribution in [0.1, 0.15) is 151 Å². The fourth-order valence-electron chi connectivity index (χ4n) is 15.8. The first-order valence-electron chi connectivity index (χ1n) is 41.1. The third-order valence-corrected chi connectivity index (χ3v) is 22.6. The third-order valence-electron chi connectivity index (χ3n) is 22.3. The monoisotopic (exact) mass is 1750 g/mol. The van der Waals surface area contributed by atoms with Crippen LogP contribution in [0.3, 0.4) is 0 Å². The second-order valence-electron chi connectivity index (χ2n) is 31.4. The number of carboxylic acids is 1. The fraction of sp³-hybridized carbons (Fsp3) is 0.300. The number of H-pyrrole nitrogens is 2. The summed E-state index contributed by atoms with van der Waals surface area (Å²) in [5.41, 5.74) is 13.3. The zero-order valence-corrected chi connectivity index (χ0v) is 69.1. The molecule has 20 N–H and O–H groups in total. The molecule has 0 radical (unpaired) electrons. The van der Waals surface area contributed by atoms with E-state index in [1.807, 2.05) is 0 Å².